The molecule has 2 N–H and O–H groups in total. The van der Waals surface area contributed by atoms with Gasteiger partial charge >= 0.3 is 0 Å². The van der Waals surface area contributed by atoms with Crippen LogP contribution in [0.5, 0.6) is 0 Å². The van der Waals surface area contributed by atoms with Gasteiger partial charge < -0.3 is 15.1 Å². The number of amides is 1. The molecule has 0 aliphatic carbocycles. The number of aromatic nitrogens is 3. The molecule has 7 nitrogen and oxygen atoms in total. The summed E-state index contributed by atoms with van der Waals surface area (Å²) in [5.41, 5.74) is 7.88. The van der Waals surface area contributed by atoms with Gasteiger partial charge in [-0.15, -0.1) is 24.8 Å². The number of hydrogen-bond acceptors (Lipinski definition) is 5. The lowest BCUT2D eigenvalue weighted by Crippen LogP contribution is -2.32. The number of furan rings is 1. The standard InChI is InChI=1S/C18H21N5O2.2ClH/c1-11(2)23-17-14(9-20-23)13(18(24)22-6-5-12(19)10-22)8-15(21-17)16-4-3-7-25-16;;/h3-4,7-9,11-12H,5-6,10,19H2,1-2H3;2*1H/t12-;;/m1../s1. The van der Waals surface area contributed by atoms with Gasteiger partial charge in [0.1, 0.15) is 5.69 Å². The number of nitrogens with two attached hydrogens (primary N) is 1. The van der Waals surface area contributed by atoms with E-state index in [2.05, 4.69) is 5.10 Å². The number of nitrogens with zero attached hydrogens (tertiary/aromatic N) is 4. The Morgan fingerprint density at radius 3 is 2.74 bits per heavy atom. The Labute approximate surface area is 169 Å². The molecule has 4 rings (SSSR count). The predicted molar refractivity (Wildman–Crippen MR) is 109 cm³/mol. The number of carbonyl (C=O) groups excluding carboxylic acids is 1. The SMILES string of the molecule is CC(C)n1ncc2c(C(=O)N3CC[C@@H](N)C3)cc(-c3ccco3)nc21.Cl.Cl. The first kappa shape index (κ1) is 21.2. The topological polar surface area (TPSA) is 90.2 Å². The maximum atomic E-state index is 13.1. The monoisotopic (exact) mass is 411 g/mol. The summed E-state index contributed by atoms with van der Waals surface area (Å²) >= 11 is 0. The quantitative estimate of drug-likeness (QED) is 0.713. The number of carbonyl (C=O) groups is 1. The van der Waals surface area contributed by atoms with Gasteiger partial charge in [0.15, 0.2) is 11.4 Å². The van der Waals surface area contributed by atoms with Gasteiger partial charge in [0.05, 0.1) is 23.4 Å². The lowest BCUT2D eigenvalue weighted by Gasteiger charge is -2.17. The predicted octanol–water partition coefficient (Wildman–Crippen LogP) is 3.29. The largest absolute Gasteiger partial charge is 0.463 e. The Morgan fingerprint density at radius 2 is 2.15 bits per heavy atom. The highest BCUT2D eigenvalue weighted by Crippen LogP contribution is 2.28. The first-order chi connectivity index (χ1) is 12.0. The van der Waals surface area contributed by atoms with Crippen molar-refractivity contribution in [3.05, 3.63) is 36.2 Å². The summed E-state index contributed by atoms with van der Waals surface area (Å²) in [5, 5.41) is 5.19. The molecular formula is C18H23Cl2N5O2. The molecule has 0 saturated carbocycles. The third-order valence-corrected chi connectivity index (χ3v) is 4.57. The molecule has 0 bridgehead atoms. The fourth-order valence-corrected chi connectivity index (χ4v) is 3.27. The first-order valence-corrected chi connectivity index (χ1v) is 8.51. The molecule has 4 heterocycles. The summed E-state index contributed by atoms with van der Waals surface area (Å²) in [5.74, 6) is 0.599. The molecule has 1 atom stereocenters. The molecule has 1 saturated heterocycles. The summed E-state index contributed by atoms with van der Waals surface area (Å²) in [4.78, 5) is 19.6. The lowest BCUT2D eigenvalue weighted by molar-refractivity contribution is 0.0793. The molecule has 9 heteroatoms. The molecule has 1 amide bonds. The van der Waals surface area contributed by atoms with Crippen molar-refractivity contribution in [1.82, 2.24) is 19.7 Å². The second kappa shape index (κ2) is 8.29. The van der Waals surface area contributed by atoms with Crippen molar-refractivity contribution in [3.8, 4) is 11.5 Å². The van der Waals surface area contributed by atoms with Crippen molar-refractivity contribution >= 4 is 41.8 Å². The minimum Gasteiger partial charge on any atom is -0.463 e. The molecule has 3 aromatic rings. The Hall–Kier alpha value is -2.09. The summed E-state index contributed by atoms with van der Waals surface area (Å²) in [6.45, 7) is 5.33. The minimum atomic E-state index is -0.0311. The van der Waals surface area contributed by atoms with Gasteiger partial charge in [-0.05, 0) is 38.5 Å². The molecule has 1 aliphatic heterocycles. The van der Waals surface area contributed by atoms with E-state index in [0.717, 1.165) is 11.8 Å². The number of halogens is 2. The molecule has 27 heavy (non-hydrogen) atoms. The molecule has 0 radical (unpaired) electrons. The van der Waals surface area contributed by atoms with Crippen LogP contribution in [0.2, 0.25) is 0 Å². The van der Waals surface area contributed by atoms with E-state index < -0.39 is 0 Å². The number of rotatable bonds is 3. The summed E-state index contributed by atoms with van der Waals surface area (Å²) in [7, 11) is 0. The van der Waals surface area contributed by atoms with E-state index in [1.165, 1.54) is 0 Å². The third kappa shape index (κ3) is 3.81. The van der Waals surface area contributed by atoms with Crippen molar-refractivity contribution in [3.63, 3.8) is 0 Å². The molecule has 0 aromatic carbocycles. The molecule has 3 aromatic heterocycles. The minimum absolute atomic E-state index is 0. The maximum absolute atomic E-state index is 13.1. The average Bonchev–Trinajstić information content (AvgIpc) is 3.32. The van der Waals surface area contributed by atoms with Gasteiger partial charge in [0, 0.05) is 25.2 Å². The van der Waals surface area contributed by atoms with E-state index in [0.29, 0.717) is 35.8 Å². The highest BCUT2D eigenvalue weighted by molar-refractivity contribution is 6.06. The van der Waals surface area contributed by atoms with Crippen LogP contribution >= 0.6 is 24.8 Å². The second-order valence-electron chi connectivity index (χ2n) is 6.75. The van der Waals surface area contributed by atoms with Crippen molar-refractivity contribution in [2.45, 2.75) is 32.4 Å². The van der Waals surface area contributed by atoms with E-state index in [9.17, 15) is 4.79 Å². The van der Waals surface area contributed by atoms with E-state index in [-0.39, 0.29) is 42.8 Å². The summed E-state index contributed by atoms with van der Waals surface area (Å²) < 4.78 is 7.31. The van der Waals surface area contributed by atoms with Crippen LogP contribution in [0.4, 0.5) is 0 Å². The van der Waals surface area contributed by atoms with E-state index in [4.69, 9.17) is 15.1 Å². The van der Waals surface area contributed by atoms with Crippen molar-refractivity contribution < 1.29 is 9.21 Å². The maximum Gasteiger partial charge on any atom is 0.254 e. The normalized spacial score (nSPS) is 16.4. The first-order valence-electron chi connectivity index (χ1n) is 8.51. The van der Waals surface area contributed by atoms with Crippen LogP contribution in [-0.2, 0) is 0 Å². The van der Waals surface area contributed by atoms with Gasteiger partial charge in [-0.3, -0.25) is 4.79 Å². The van der Waals surface area contributed by atoms with Crippen molar-refractivity contribution in [1.29, 1.82) is 0 Å². The highest BCUT2D eigenvalue weighted by atomic mass is 35.5. The third-order valence-electron chi connectivity index (χ3n) is 4.57. The van der Waals surface area contributed by atoms with Crippen LogP contribution in [0.15, 0.2) is 35.1 Å². The smallest absolute Gasteiger partial charge is 0.254 e. The molecule has 1 fully saturated rings. The fraction of sp³-hybridized carbons (Fsp3) is 0.389. The van der Waals surface area contributed by atoms with Gasteiger partial charge in [-0.1, -0.05) is 0 Å². The number of fused-ring (bicyclic) bond motifs is 1. The zero-order chi connectivity index (χ0) is 17.6. The molecule has 146 valence electrons. The van der Waals surface area contributed by atoms with Gasteiger partial charge in [0.25, 0.3) is 5.91 Å². The van der Waals surface area contributed by atoms with E-state index >= 15 is 0 Å². The van der Waals surface area contributed by atoms with Gasteiger partial charge in [0.2, 0.25) is 0 Å². The average molecular weight is 412 g/mol. The highest BCUT2D eigenvalue weighted by Gasteiger charge is 2.27. The Morgan fingerprint density at radius 1 is 1.37 bits per heavy atom. The van der Waals surface area contributed by atoms with Crippen LogP contribution in [0, 0.1) is 0 Å². The van der Waals surface area contributed by atoms with Gasteiger partial charge in [-0.2, -0.15) is 5.10 Å². The summed E-state index contributed by atoms with van der Waals surface area (Å²) in [6, 6.07) is 5.62. The zero-order valence-corrected chi connectivity index (χ0v) is 16.8. The van der Waals surface area contributed by atoms with E-state index in [1.54, 1.807) is 23.4 Å². The fourth-order valence-electron chi connectivity index (χ4n) is 3.27. The van der Waals surface area contributed by atoms with Gasteiger partial charge in [-0.25, -0.2) is 9.67 Å². The van der Waals surface area contributed by atoms with Crippen LogP contribution in [0.1, 0.15) is 36.7 Å². The van der Waals surface area contributed by atoms with E-state index in [1.807, 2.05) is 30.7 Å². The lowest BCUT2D eigenvalue weighted by atomic mass is 10.1. The van der Waals surface area contributed by atoms with Crippen molar-refractivity contribution in [2.75, 3.05) is 13.1 Å². The van der Waals surface area contributed by atoms with Crippen LogP contribution in [0.25, 0.3) is 22.5 Å². The molecule has 0 unspecified atom stereocenters. The Kier molecular flexibility index (Phi) is 6.51. The number of hydrogen-bond donors (Lipinski definition) is 1. The van der Waals surface area contributed by atoms with Crippen LogP contribution in [0.3, 0.4) is 0 Å². The van der Waals surface area contributed by atoms with Crippen LogP contribution < -0.4 is 5.73 Å². The molecule has 0 spiro atoms. The zero-order valence-electron chi connectivity index (χ0n) is 15.2. The Bertz CT molecular complexity index is 923. The van der Waals surface area contributed by atoms with Crippen LogP contribution in [-0.4, -0.2) is 44.7 Å². The number of pyridine rings is 1. The molecular weight excluding hydrogens is 389 g/mol. The summed E-state index contributed by atoms with van der Waals surface area (Å²) in [6.07, 6.45) is 4.15. The number of likely N-dealkylation sites (tertiary alicyclic amines) is 1. The van der Waals surface area contributed by atoms with Crippen molar-refractivity contribution in [2.24, 2.45) is 5.73 Å². The second-order valence-corrected chi connectivity index (χ2v) is 6.75. The molecule has 1 aliphatic rings. The Balaban J connectivity index is 0.00000131.